The largest absolute Gasteiger partial charge is 0.493 e. The summed E-state index contributed by atoms with van der Waals surface area (Å²) in [6.45, 7) is 2.41. The van der Waals surface area contributed by atoms with Gasteiger partial charge in [0.25, 0.3) is 5.56 Å². The Kier molecular flexibility index (Phi) is 5.38. The number of allylic oxidation sites excluding steroid dienone is 1. The van der Waals surface area contributed by atoms with Crippen LogP contribution in [-0.4, -0.2) is 18.5 Å². The fraction of sp³-hybridized carbons (Fsp3) is 0.231. The average molecular weight is 457 g/mol. The molecule has 172 valence electrons. The van der Waals surface area contributed by atoms with Gasteiger partial charge < -0.3 is 29.2 Å². The van der Waals surface area contributed by atoms with Gasteiger partial charge in [-0.05, 0) is 36.6 Å². The van der Waals surface area contributed by atoms with E-state index < -0.39 is 5.92 Å². The van der Waals surface area contributed by atoms with Crippen LogP contribution in [-0.2, 0) is 13.0 Å². The summed E-state index contributed by atoms with van der Waals surface area (Å²) in [5, 5.41) is 9.94. The van der Waals surface area contributed by atoms with Crippen LogP contribution in [0, 0.1) is 18.3 Å². The summed E-state index contributed by atoms with van der Waals surface area (Å²) in [4.78, 5) is 13.8. The van der Waals surface area contributed by atoms with Crippen LogP contribution >= 0.6 is 0 Å². The van der Waals surface area contributed by atoms with E-state index in [4.69, 9.17) is 24.7 Å². The van der Waals surface area contributed by atoms with E-state index >= 15 is 0 Å². The van der Waals surface area contributed by atoms with Gasteiger partial charge in [0, 0.05) is 18.3 Å². The molecule has 1 aromatic heterocycles. The zero-order chi connectivity index (χ0) is 23.8. The average Bonchev–Trinajstić information content (AvgIpc) is 3.32. The van der Waals surface area contributed by atoms with Crippen LogP contribution in [0.25, 0.3) is 0 Å². The van der Waals surface area contributed by atoms with Crippen molar-refractivity contribution in [1.29, 1.82) is 5.26 Å². The molecule has 2 aliphatic heterocycles. The number of benzene rings is 2. The van der Waals surface area contributed by atoms with Gasteiger partial charge in [-0.3, -0.25) is 4.79 Å². The monoisotopic (exact) mass is 457 g/mol. The number of nitrogens with zero attached hydrogens (tertiary/aromatic N) is 2. The van der Waals surface area contributed by atoms with Gasteiger partial charge in [-0.2, -0.15) is 5.26 Å². The van der Waals surface area contributed by atoms with Crippen LogP contribution in [0.2, 0.25) is 0 Å². The predicted molar refractivity (Wildman–Crippen MR) is 124 cm³/mol. The van der Waals surface area contributed by atoms with Crippen molar-refractivity contribution in [2.45, 2.75) is 25.8 Å². The molecule has 0 spiro atoms. The number of pyridine rings is 1. The lowest BCUT2D eigenvalue weighted by atomic mass is 9.83. The number of hydrogen-bond acceptors (Lipinski definition) is 7. The number of nitrogens with two attached hydrogens (primary N) is 1. The Bertz CT molecular complexity index is 1400. The number of hydrogen-bond donors (Lipinski definition) is 1. The van der Waals surface area contributed by atoms with Crippen LogP contribution in [0.15, 0.2) is 64.8 Å². The second-order valence-electron chi connectivity index (χ2n) is 8.14. The van der Waals surface area contributed by atoms with E-state index in [9.17, 15) is 10.1 Å². The van der Waals surface area contributed by atoms with Gasteiger partial charge in [0.1, 0.15) is 17.4 Å². The lowest BCUT2D eigenvalue weighted by Crippen LogP contribution is -2.33. The molecule has 8 nitrogen and oxygen atoms in total. The Labute approximate surface area is 196 Å². The Balaban J connectivity index is 1.65. The fourth-order valence-corrected chi connectivity index (χ4v) is 4.50. The quantitative estimate of drug-likeness (QED) is 0.626. The molecule has 0 saturated heterocycles. The van der Waals surface area contributed by atoms with Crippen LogP contribution in [0.3, 0.4) is 0 Å². The molecule has 2 aliphatic rings. The number of ether oxygens (including phenoxy) is 4. The number of methoxy groups -OCH3 is 1. The minimum atomic E-state index is -0.742. The minimum absolute atomic E-state index is 0.0301. The maximum Gasteiger partial charge on any atom is 0.258 e. The molecule has 2 aromatic carbocycles. The number of aromatic nitrogens is 1. The van der Waals surface area contributed by atoms with Gasteiger partial charge in [-0.25, -0.2) is 0 Å². The number of rotatable bonds is 5. The second kappa shape index (κ2) is 8.52. The van der Waals surface area contributed by atoms with Crippen LogP contribution in [0.1, 0.15) is 28.3 Å². The molecule has 0 fully saturated rings. The molecule has 0 amide bonds. The first-order valence-electron chi connectivity index (χ1n) is 10.8. The third-order valence-corrected chi connectivity index (χ3v) is 6.17. The van der Waals surface area contributed by atoms with Crippen molar-refractivity contribution in [2.75, 3.05) is 13.9 Å². The minimum Gasteiger partial charge on any atom is -0.493 e. The molecular weight excluding hydrogens is 434 g/mol. The maximum atomic E-state index is 13.8. The summed E-state index contributed by atoms with van der Waals surface area (Å²) in [7, 11) is 1.52. The van der Waals surface area contributed by atoms with Crippen LogP contribution in [0.5, 0.6) is 23.0 Å². The molecule has 0 unspecified atom stereocenters. The van der Waals surface area contributed by atoms with E-state index in [-0.39, 0.29) is 23.8 Å². The number of fused-ring (bicyclic) bond motifs is 2. The molecule has 5 rings (SSSR count). The van der Waals surface area contributed by atoms with Gasteiger partial charge >= 0.3 is 0 Å². The first-order chi connectivity index (χ1) is 16.5. The van der Waals surface area contributed by atoms with Crippen molar-refractivity contribution in [3.05, 3.63) is 92.7 Å². The second-order valence-corrected chi connectivity index (χ2v) is 8.14. The van der Waals surface area contributed by atoms with Gasteiger partial charge in [0.2, 0.25) is 18.4 Å². The molecule has 0 aliphatic carbocycles. The highest BCUT2D eigenvalue weighted by Crippen LogP contribution is 2.47. The summed E-state index contributed by atoms with van der Waals surface area (Å²) in [5.74, 6) is 0.987. The summed E-state index contributed by atoms with van der Waals surface area (Å²) >= 11 is 0. The van der Waals surface area contributed by atoms with Crippen molar-refractivity contribution in [3.63, 3.8) is 0 Å². The van der Waals surface area contributed by atoms with E-state index in [1.54, 1.807) is 22.8 Å². The molecule has 3 aromatic rings. The van der Waals surface area contributed by atoms with Crippen molar-refractivity contribution in [3.8, 4) is 29.1 Å². The molecule has 0 bridgehead atoms. The standard InChI is InChI=1S/C26H23N3O5/c1-15-10-19-23(26(30)29(15)9-8-16-6-4-3-5-7-16)22(18(13-27)25(28)34-19)17-11-20(31-2)24-21(12-17)32-14-33-24/h3-7,10-12,22H,8-9,14,28H2,1-2H3/t22-/m1/s1. The molecule has 8 heteroatoms. The Morgan fingerprint density at radius 1 is 1.18 bits per heavy atom. The molecule has 1 atom stereocenters. The molecule has 2 N–H and O–H groups in total. The molecule has 0 saturated carbocycles. The molecule has 34 heavy (non-hydrogen) atoms. The van der Waals surface area contributed by atoms with E-state index in [0.717, 1.165) is 11.3 Å². The van der Waals surface area contributed by atoms with E-state index in [2.05, 4.69) is 6.07 Å². The molecular formula is C26H23N3O5. The van der Waals surface area contributed by atoms with E-state index in [0.29, 0.717) is 47.1 Å². The Morgan fingerprint density at radius 2 is 1.97 bits per heavy atom. The third-order valence-electron chi connectivity index (χ3n) is 6.17. The van der Waals surface area contributed by atoms with E-state index in [1.807, 2.05) is 37.3 Å². The zero-order valence-corrected chi connectivity index (χ0v) is 18.8. The van der Waals surface area contributed by atoms with Crippen molar-refractivity contribution >= 4 is 0 Å². The topological polar surface area (TPSA) is 109 Å². The van der Waals surface area contributed by atoms with Crippen molar-refractivity contribution in [1.82, 2.24) is 4.57 Å². The first-order valence-corrected chi connectivity index (χ1v) is 10.8. The highest BCUT2D eigenvalue weighted by Gasteiger charge is 2.36. The Hall–Kier alpha value is -4.38. The first kappa shape index (κ1) is 21.5. The number of aryl methyl sites for hydroxylation is 2. The van der Waals surface area contributed by atoms with Crippen molar-refractivity contribution in [2.24, 2.45) is 5.73 Å². The number of nitriles is 1. The highest BCUT2D eigenvalue weighted by atomic mass is 16.7. The van der Waals surface area contributed by atoms with Crippen LogP contribution in [0.4, 0.5) is 0 Å². The summed E-state index contributed by atoms with van der Waals surface area (Å²) < 4.78 is 24.0. The van der Waals surface area contributed by atoms with Gasteiger partial charge in [-0.15, -0.1) is 0 Å². The molecule has 3 heterocycles. The Morgan fingerprint density at radius 3 is 2.71 bits per heavy atom. The molecule has 0 radical (unpaired) electrons. The van der Waals surface area contributed by atoms with Crippen molar-refractivity contribution < 1.29 is 18.9 Å². The van der Waals surface area contributed by atoms with E-state index in [1.165, 1.54) is 7.11 Å². The predicted octanol–water partition coefficient (Wildman–Crippen LogP) is 3.35. The summed E-state index contributed by atoms with van der Waals surface area (Å²) in [6, 6.07) is 17.4. The third kappa shape index (κ3) is 3.52. The normalized spacial score (nSPS) is 16.0. The smallest absolute Gasteiger partial charge is 0.258 e. The SMILES string of the molecule is COc1cc([C@@H]2C(C#N)=C(N)Oc3cc(C)n(CCc4ccccc4)c(=O)c32)cc2c1OCO2. The fourth-order valence-electron chi connectivity index (χ4n) is 4.50. The summed E-state index contributed by atoms with van der Waals surface area (Å²) in [5.41, 5.74) is 8.90. The zero-order valence-electron chi connectivity index (χ0n) is 18.8. The maximum absolute atomic E-state index is 13.8. The van der Waals surface area contributed by atoms with Gasteiger partial charge in [0.15, 0.2) is 11.5 Å². The van der Waals surface area contributed by atoms with Crippen LogP contribution < -0.4 is 30.2 Å². The van der Waals surface area contributed by atoms with Gasteiger partial charge in [-0.1, -0.05) is 30.3 Å². The lowest BCUT2D eigenvalue weighted by molar-refractivity contribution is 0.171. The highest BCUT2D eigenvalue weighted by molar-refractivity contribution is 5.61. The van der Waals surface area contributed by atoms with Gasteiger partial charge in [0.05, 0.1) is 18.6 Å². The summed E-state index contributed by atoms with van der Waals surface area (Å²) in [6.07, 6.45) is 0.687. The lowest BCUT2D eigenvalue weighted by Gasteiger charge is -2.27.